The number of nitrogens with one attached hydrogen (secondary N) is 1. The van der Waals surface area contributed by atoms with Gasteiger partial charge < -0.3 is 19.7 Å². The second-order valence-corrected chi connectivity index (χ2v) is 6.68. The molecule has 6 heteroatoms. The van der Waals surface area contributed by atoms with Crippen molar-refractivity contribution in [1.29, 1.82) is 0 Å². The van der Waals surface area contributed by atoms with Crippen LogP contribution in [0, 0.1) is 13.8 Å². The summed E-state index contributed by atoms with van der Waals surface area (Å²) >= 11 is 0. The average Bonchev–Trinajstić information content (AvgIpc) is 2.69. The molecule has 0 amide bonds. The molecule has 2 heterocycles. The van der Waals surface area contributed by atoms with Gasteiger partial charge in [-0.2, -0.15) is 0 Å². The smallest absolute Gasteiger partial charge is 0.193 e. The summed E-state index contributed by atoms with van der Waals surface area (Å²) in [6.07, 6.45) is 3.51. The molecule has 144 valence electrons. The second kappa shape index (κ2) is 9.37. The van der Waals surface area contributed by atoms with Gasteiger partial charge in [0.25, 0.3) is 0 Å². The minimum atomic E-state index is 0.0598. The van der Waals surface area contributed by atoms with E-state index >= 15 is 0 Å². The van der Waals surface area contributed by atoms with Crippen LogP contribution in [0.1, 0.15) is 22.8 Å². The van der Waals surface area contributed by atoms with E-state index in [1.807, 2.05) is 19.2 Å². The van der Waals surface area contributed by atoms with Crippen molar-refractivity contribution in [3.8, 4) is 5.75 Å². The molecule has 1 atom stereocenters. The molecule has 1 aromatic heterocycles. The number of rotatable bonds is 5. The number of hydrogen-bond acceptors (Lipinski definition) is 4. The molecule has 3 rings (SSSR count). The van der Waals surface area contributed by atoms with Crippen LogP contribution in [0.5, 0.6) is 5.75 Å². The molecule has 1 saturated heterocycles. The van der Waals surface area contributed by atoms with Crippen LogP contribution < -0.4 is 10.1 Å². The van der Waals surface area contributed by atoms with Crippen LogP contribution in [0.25, 0.3) is 0 Å². The van der Waals surface area contributed by atoms with Crippen molar-refractivity contribution in [2.75, 3.05) is 39.9 Å². The molecule has 0 bridgehead atoms. The quantitative estimate of drug-likeness (QED) is 0.500. The Morgan fingerprint density at radius 1 is 1.37 bits per heavy atom. The fraction of sp³-hybridized carbons (Fsp3) is 0.429. The van der Waals surface area contributed by atoms with Gasteiger partial charge in [-0.3, -0.25) is 9.98 Å². The highest BCUT2D eigenvalue weighted by molar-refractivity contribution is 5.80. The molecule has 1 aliphatic heterocycles. The van der Waals surface area contributed by atoms with Crippen molar-refractivity contribution < 1.29 is 9.47 Å². The molecule has 27 heavy (non-hydrogen) atoms. The van der Waals surface area contributed by atoms with E-state index in [9.17, 15) is 0 Å². The molecule has 1 aliphatic rings. The third-order valence-electron chi connectivity index (χ3n) is 4.64. The topological polar surface area (TPSA) is 59.0 Å². The molecule has 0 saturated carbocycles. The predicted octanol–water partition coefficient (Wildman–Crippen LogP) is 2.73. The standard InChI is InChI=1S/C21H28N4O2/c1-16-6-7-19(17(2)13-16)20-15-25(10-12-27-20)21(22-3)24-9-11-26-18-5-4-8-23-14-18/h4-8,13-14,20H,9-12,15H2,1-3H3,(H,22,24). The average molecular weight is 368 g/mol. The van der Waals surface area contributed by atoms with Crippen LogP contribution >= 0.6 is 0 Å². The maximum absolute atomic E-state index is 6.04. The Kier molecular flexibility index (Phi) is 6.65. The van der Waals surface area contributed by atoms with Gasteiger partial charge in [0.05, 0.1) is 25.9 Å². The van der Waals surface area contributed by atoms with Crippen LogP contribution in [-0.4, -0.2) is 55.7 Å². The molecule has 0 radical (unpaired) electrons. The van der Waals surface area contributed by atoms with Crippen LogP contribution in [-0.2, 0) is 4.74 Å². The Hall–Kier alpha value is -2.60. The number of aliphatic imine (C=N–C) groups is 1. The summed E-state index contributed by atoms with van der Waals surface area (Å²) in [6, 6.07) is 10.3. The van der Waals surface area contributed by atoms with Crippen LogP contribution in [0.3, 0.4) is 0 Å². The molecule has 6 nitrogen and oxygen atoms in total. The minimum absolute atomic E-state index is 0.0598. The van der Waals surface area contributed by atoms with Gasteiger partial charge in [0.15, 0.2) is 5.96 Å². The van der Waals surface area contributed by atoms with Crippen molar-refractivity contribution in [2.45, 2.75) is 20.0 Å². The normalized spacial score (nSPS) is 17.7. The van der Waals surface area contributed by atoms with E-state index in [0.29, 0.717) is 19.8 Å². The zero-order valence-corrected chi connectivity index (χ0v) is 16.3. The fourth-order valence-corrected chi connectivity index (χ4v) is 3.31. The van der Waals surface area contributed by atoms with Gasteiger partial charge in [-0.05, 0) is 37.1 Å². The van der Waals surface area contributed by atoms with E-state index < -0.39 is 0 Å². The zero-order valence-electron chi connectivity index (χ0n) is 16.3. The number of aromatic nitrogens is 1. The molecule has 0 aliphatic carbocycles. The van der Waals surface area contributed by atoms with Gasteiger partial charge in [-0.1, -0.05) is 23.8 Å². The van der Waals surface area contributed by atoms with Crippen molar-refractivity contribution in [1.82, 2.24) is 15.2 Å². The fourth-order valence-electron chi connectivity index (χ4n) is 3.31. The van der Waals surface area contributed by atoms with Crippen LogP contribution in [0.4, 0.5) is 0 Å². The largest absolute Gasteiger partial charge is 0.490 e. The number of aryl methyl sites for hydroxylation is 2. The Morgan fingerprint density at radius 3 is 3.00 bits per heavy atom. The van der Waals surface area contributed by atoms with Gasteiger partial charge >= 0.3 is 0 Å². The van der Waals surface area contributed by atoms with Crippen molar-refractivity contribution in [3.05, 3.63) is 59.4 Å². The van der Waals surface area contributed by atoms with Crippen LogP contribution in [0.2, 0.25) is 0 Å². The maximum atomic E-state index is 6.04. The lowest BCUT2D eigenvalue weighted by atomic mass is 10.00. The molecule has 1 N–H and O–H groups in total. The number of benzene rings is 1. The summed E-state index contributed by atoms with van der Waals surface area (Å²) in [4.78, 5) is 10.7. The summed E-state index contributed by atoms with van der Waals surface area (Å²) in [5, 5.41) is 3.38. The first-order valence-electron chi connectivity index (χ1n) is 9.34. The summed E-state index contributed by atoms with van der Waals surface area (Å²) in [6.45, 7) is 7.78. The van der Waals surface area contributed by atoms with Gasteiger partial charge in [-0.15, -0.1) is 0 Å². The molecular formula is C21H28N4O2. The first kappa shape index (κ1) is 19.2. The molecule has 1 fully saturated rings. The highest BCUT2D eigenvalue weighted by Gasteiger charge is 2.25. The van der Waals surface area contributed by atoms with Gasteiger partial charge in [0.1, 0.15) is 18.5 Å². The Bertz CT molecular complexity index is 764. The van der Waals surface area contributed by atoms with Gasteiger partial charge in [-0.25, -0.2) is 0 Å². The highest BCUT2D eigenvalue weighted by Crippen LogP contribution is 2.25. The Balaban J connectivity index is 1.54. The third kappa shape index (κ3) is 5.20. The number of pyridine rings is 1. The summed E-state index contributed by atoms with van der Waals surface area (Å²) in [5.74, 6) is 1.65. The summed E-state index contributed by atoms with van der Waals surface area (Å²) in [7, 11) is 1.81. The lowest BCUT2D eigenvalue weighted by Gasteiger charge is -2.35. The summed E-state index contributed by atoms with van der Waals surface area (Å²) < 4.78 is 11.7. The van der Waals surface area contributed by atoms with Crippen molar-refractivity contribution >= 4 is 5.96 Å². The minimum Gasteiger partial charge on any atom is -0.490 e. The lowest BCUT2D eigenvalue weighted by Crippen LogP contribution is -2.49. The van der Waals surface area contributed by atoms with E-state index in [-0.39, 0.29) is 6.10 Å². The second-order valence-electron chi connectivity index (χ2n) is 6.68. The predicted molar refractivity (Wildman–Crippen MR) is 107 cm³/mol. The SMILES string of the molecule is CN=C(NCCOc1cccnc1)N1CCOC(c2ccc(C)cc2C)C1. The number of nitrogens with zero attached hydrogens (tertiary/aromatic N) is 3. The molecule has 1 aromatic carbocycles. The van der Waals surface area contributed by atoms with Crippen molar-refractivity contribution in [2.24, 2.45) is 4.99 Å². The molecule has 0 spiro atoms. The first-order chi connectivity index (χ1) is 13.2. The van der Waals surface area contributed by atoms with E-state index in [1.165, 1.54) is 16.7 Å². The molecular weight excluding hydrogens is 340 g/mol. The zero-order chi connectivity index (χ0) is 19.1. The molecule has 1 unspecified atom stereocenters. The van der Waals surface area contributed by atoms with E-state index in [1.54, 1.807) is 12.4 Å². The maximum Gasteiger partial charge on any atom is 0.193 e. The van der Waals surface area contributed by atoms with E-state index in [0.717, 1.165) is 24.8 Å². The summed E-state index contributed by atoms with van der Waals surface area (Å²) in [5.41, 5.74) is 3.80. The molecule has 2 aromatic rings. The van der Waals surface area contributed by atoms with Gasteiger partial charge in [0.2, 0.25) is 0 Å². The third-order valence-corrected chi connectivity index (χ3v) is 4.64. The Morgan fingerprint density at radius 2 is 2.26 bits per heavy atom. The number of morpholine rings is 1. The number of hydrogen-bond donors (Lipinski definition) is 1. The van der Waals surface area contributed by atoms with E-state index in [4.69, 9.17) is 9.47 Å². The monoisotopic (exact) mass is 368 g/mol. The Labute approximate surface area is 161 Å². The van der Waals surface area contributed by atoms with E-state index in [2.05, 4.69) is 52.2 Å². The lowest BCUT2D eigenvalue weighted by molar-refractivity contribution is -0.00835. The number of ether oxygens (including phenoxy) is 2. The number of guanidine groups is 1. The van der Waals surface area contributed by atoms with Gasteiger partial charge in [0, 0.05) is 19.8 Å². The highest BCUT2D eigenvalue weighted by atomic mass is 16.5. The van der Waals surface area contributed by atoms with Crippen molar-refractivity contribution in [3.63, 3.8) is 0 Å². The van der Waals surface area contributed by atoms with Crippen LogP contribution in [0.15, 0.2) is 47.7 Å². The first-order valence-corrected chi connectivity index (χ1v) is 9.34.